The monoisotopic (exact) mass is 324 g/mol. The molecule has 0 aliphatic carbocycles. The average Bonchev–Trinajstić information content (AvgIpc) is 2.56. The van der Waals surface area contributed by atoms with Gasteiger partial charge >= 0.3 is 0 Å². The summed E-state index contributed by atoms with van der Waals surface area (Å²) in [6.07, 6.45) is 1.48. The summed E-state index contributed by atoms with van der Waals surface area (Å²) in [5.74, 6) is 0.512. The van der Waals surface area contributed by atoms with Gasteiger partial charge in [0.05, 0.1) is 6.20 Å². The van der Waals surface area contributed by atoms with E-state index in [9.17, 15) is 4.39 Å². The Bertz CT molecular complexity index is 819. The van der Waals surface area contributed by atoms with Crippen LogP contribution >= 0.6 is 0 Å². The molecule has 2 N–H and O–H groups in total. The van der Waals surface area contributed by atoms with Gasteiger partial charge in [0.1, 0.15) is 5.82 Å². The molecule has 6 nitrogen and oxygen atoms in total. The zero-order chi connectivity index (χ0) is 16.9. The van der Waals surface area contributed by atoms with E-state index in [1.165, 1.54) is 18.3 Å². The fourth-order valence-electron chi connectivity index (χ4n) is 2.10. The molecule has 0 atom stereocenters. The largest absolute Gasteiger partial charge is 0.378 e. The van der Waals surface area contributed by atoms with Gasteiger partial charge in [0, 0.05) is 31.2 Å². The molecule has 0 aliphatic rings. The number of halogens is 1. The van der Waals surface area contributed by atoms with E-state index in [0.29, 0.717) is 17.5 Å². The Balaban J connectivity index is 1.73. The SMILES string of the molecule is CN(C)c1ccc(Nc2nncc(Nc3cccc(F)c3)n2)cc1. The first-order valence-electron chi connectivity index (χ1n) is 7.37. The van der Waals surface area contributed by atoms with E-state index in [1.54, 1.807) is 12.1 Å². The number of benzene rings is 2. The molecule has 24 heavy (non-hydrogen) atoms. The predicted octanol–water partition coefficient (Wildman–Crippen LogP) is 3.56. The maximum atomic E-state index is 13.2. The van der Waals surface area contributed by atoms with Crippen molar-refractivity contribution < 1.29 is 4.39 Å². The molecule has 1 aromatic heterocycles. The third-order valence-electron chi connectivity index (χ3n) is 3.30. The van der Waals surface area contributed by atoms with E-state index in [4.69, 9.17) is 0 Å². The van der Waals surface area contributed by atoms with Gasteiger partial charge in [0.25, 0.3) is 0 Å². The molecule has 122 valence electrons. The molecule has 0 fully saturated rings. The molecular formula is C17H17FN6. The smallest absolute Gasteiger partial charge is 0.249 e. The highest BCUT2D eigenvalue weighted by atomic mass is 19.1. The van der Waals surface area contributed by atoms with Crippen molar-refractivity contribution in [3.8, 4) is 0 Å². The molecule has 0 radical (unpaired) electrons. The topological polar surface area (TPSA) is 66.0 Å². The first kappa shape index (κ1) is 15.7. The van der Waals surface area contributed by atoms with Gasteiger partial charge in [-0.15, -0.1) is 5.10 Å². The molecular weight excluding hydrogens is 307 g/mol. The van der Waals surface area contributed by atoms with Gasteiger partial charge in [0.15, 0.2) is 5.82 Å². The van der Waals surface area contributed by atoms with E-state index >= 15 is 0 Å². The number of nitrogens with one attached hydrogen (secondary N) is 2. The number of anilines is 5. The van der Waals surface area contributed by atoms with Crippen molar-refractivity contribution in [2.24, 2.45) is 0 Å². The Morgan fingerprint density at radius 2 is 1.75 bits per heavy atom. The van der Waals surface area contributed by atoms with Crippen LogP contribution in [0.5, 0.6) is 0 Å². The molecule has 0 unspecified atom stereocenters. The number of hydrogen-bond acceptors (Lipinski definition) is 6. The highest BCUT2D eigenvalue weighted by Gasteiger charge is 2.03. The van der Waals surface area contributed by atoms with Crippen molar-refractivity contribution in [2.45, 2.75) is 0 Å². The molecule has 0 saturated carbocycles. The molecule has 3 aromatic rings. The second-order valence-electron chi connectivity index (χ2n) is 5.37. The van der Waals surface area contributed by atoms with E-state index in [-0.39, 0.29) is 5.82 Å². The summed E-state index contributed by atoms with van der Waals surface area (Å²) >= 11 is 0. The van der Waals surface area contributed by atoms with Crippen LogP contribution in [0.2, 0.25) is 0 Å². The van der Waals surface area contributed by atoms with Crippen LogP contribution in [0.3, 0.4) is 0 Å². The maximum Gasteiger partial charge on any atom is 0.249 e. The molecule has 0 amide bonds. The molecule has 1 heterocycles. The summed E-state index contributed by atoms with van der Waals surface area (Å²) < 4.78 is 13.2. The van der Waals surface area contributed by atoms with Crippen molar-refractivity contribution in [3.05, 3.63) is 60.5 Å². The van der Waals surface area contributed by atoms with Crippen molar-refractivity contribution in [2.75, 3.05) is 29.6 Å². The lowest BCUT2D eigenvalue weighted by molar-refractivity contribution is 0.628. The minimum atomic E-state index is -0.318. The summed E-state index contributed by atoms with van der Waals surface area (Å²) in [6.45, 7) is 0. The lowest BCUT2D eigenvalue weighted by Crippen LogP contribution is -2.08. The Kier molecular flexibility index (Phi) is 4.51. The lowest BCUT2D eigenvalue weighted by atomic mass is 10.2. The third kappa shape index (κ3) is 3.95. The maximum absolute atomic E-state index is 13.2. The summed E-state index contributed by atoms with van der Waals surface area (Å²) in [7, 11) is 3.97. The van der Waals surface area contributed by atoms with Crippen LogP contribution in [0.1, 0.15) is 0 Å². The quantitative estimate of drug-likeness (QED) is 0.748. The Hall–Kier alpha value is -3.22. The van der Waals surface area contributed by atoms with Crippen LogP contribution in [0.4, 0.5) is 33.2 Å². The van der Waals surface area contributed by atoms with Crippen molar-refractivity contribution in [1.82, 2.24) is 15.2 Å². The van der Waals surface area contributed by atoms with Gasteiger partial charge in [-0.05, 0) is 42.5 Å². The number of hydrogen-bond donors (Lipinski definition) is 2. The van der Waals surface area contributed by atoms with E-state index in [0.717, 1.165) is 11.4 Å². The van der Waals surface area contributed by atoms with Crippen LogP contribution in [-0.2, 0) is 0 Å². The van der Waals surface area contributed by atoms with E-state index in [2.05, 4.69) is 25.8 Å². The summed E-state index contributed by atoms with van der Waals surface area (Å²) in [4.78, 5) is 6.34. The Morgan fingerprint density at radius 1 is 0.958 bits per heavy atom. The molecule has 3 rings (SSSR count). The molecule has 0 aliphatic heterocycles. The van der Waals surface area contributed by atoms with Crippen LogP contribution in [0.25, 0.3) is 0 Å². The van der Waals surface area contributed by atoms with Crippen LogP contribution in [0, 0.1) is 5.82 Å². The zero-order valence-electron chi connectivity index (χ0n) is 13.4. The summed E-state index contributed by atoms with van der Waals surface area (Å²) in [5.41, 5.74) is 2.54. The third-order valence-corrected chi connectivity index (χ3v) is 3.30. The van der Waals surface area contributed by atoms with E-state index in [1.807, 2.05) is 43.3 Å². The second-order valence-corrected chi connectivity index (χ2v) is 5.37. The average molecular weight is 324 g/mol. The fraction of sp³-hybridized carbons (Fsp3) is 0.118. The van der Waals surface area contributed by atoms with Gasteiger partial charge in [-0.1, -0.05) is 6.07 Å². The number of nitrogens with zero attached hydrogens (tertiary/aromatic N) is 4. The van der Waals surface area contributed by atoms with Gasteiger partial charge < -0.3 is 15.5 Å². The molecule has 0 bridgehead atoms. The standard InChI is InChI=1S/C17H17FN6/c1-24(2)15-8-6-13(7-9-15)21-17-22-16(11-19-23-17)20-14-5-3-4-12(18)10-14/h3-11H,1-2H3,(H2,20,21,22,23). The van der Waals surface area contributed by atoms with Crippen molar-refractivity contribution in [3.63, 3.8) is 0 Å². The number of aromatic nitrogens is 3. The predicted molar refractivity (Wildman–Crippen MR) is 93.6 cm³/mol. The van der Waals surface area contributed by atoms with Crippen LogP contribution < -0.4 is 15.5 Å². The first-order valence-corrected chi connectivity index (χ1v) is 7.37. The Labute approximate surface area is 139 Å². The van der Waals surface area contributed by atoms with Crippen molar-refractivity contribution >= 4 is 28.8 Å². The van der Waals surface area contributed by atoms with Crippen molar-refractivity contribution in [1.29, 1.82) is 0 Å². The zero-order valence-corrected chi connectivity index (χ0v) is 13.4. The van der Waals surface area contributed by atoms with Gasteiger partial charge in [0.2, 0.25) is 5.95 Å². The summed E-state index contributed by atoms with van der Waals surface area (Å²) in [5, 5.41) is 13.9. The lowest BCUT2D eigenvalue weighted by Gasteiger charge is -2.13. The van der Waals surface area contributed by atoms with Gasteiger partial charge in [-0.25, -0.2) is 4.39 Å². The molecule has 7 heteroatoms. The molecule has 0 spiro atoms. The fourth-order valence-corrected chi connectivity index (χ4v) is 2.10. The highest BCUT2D eigenvalue weighted by molar-refractivity contribution is 5.61. The molecule has 2 aromatic carbocycles. The van der Waals surface area contributed by atoms with Gasteiger partial charge in [-0.2, -0.15) is 10.1 Å². The first-order chi connectivity index (χ1) is 11.6. The van der Waals surface area contributed by atoms with E-state index < -0.39 is 0 Å². The number of rotatable bonds is 5. The van der Waals surface area contributed by atoms with Crippen LogP contribution in [-0.4, -0.2) is 29.3 Å². The normalized spacial score (nSPS) is 10.3. The minimum Gasteiger partial charge on any atom is -0.378 e. The van der Waals surface area contributed by atoms with Gasteiger partial charge in [-0.3, -0.25) is 0 Å². The highest BCUT2D eigenvalue weighted by Crippen LogP contribution is 2.19. The second kappa shape index (κ2) is 6.91. The minimum absolute atomic E-state index is 0.318. The Morgan fingerprint density at radius 3 is 2.46 bits per heavy atom. The molecule has 0 saturated heterocycles. The summed E-state index contributed by atoms with van der Waals surface area (Å²) in [6, 6.07) is 14.0. The van der Waals surface area contributed by atoms with Crippen LogP contribution in [0.15, 0.2) is 54.7 Å².